The van der Waals surface area contributed by atoms with Crippen LogP contribution in [0.1, 0.15) is 35.7 Å². The minimum Gasteiger partial charge on any atom is -0.491 e. The van der Waals surface area contributed by atoms with Gasteiger partial charge in [0.1, 0.15) is 12.4 Å². The van der Waals surface area contributed by atoms with Crippen molar-refractivity contribution in [3.8, 4) is 16.9 Å². The summed E-state index contributed by atoms with van der Waals surface area (Å²) in [6.45, 7) is 7.35. The predicted molar refractivity (Wildman–Crippen MR) is 118 cm³/mol. The molecule has 0 atom stereocenters. The number of anilines is 1. The third-order valence-electron chi connectivity index (χ3n) is 5.64. The Morgan fingerprint density at radius 2 is 1.83 bits per heavy atom. The van der Waals surface area contributed by atoms with Crippen LogP contribution in [0.3, 0.4) is 0 Å². The molecule has 0 spiro atoms. The van der Waals surface area contributed by atoms with Gasteiger partial charge < -0.3 is 24.2 Å². The number of carbonyl (C=O) groups is 1. The van der Waals surface area contributed by atoms with Gasteiger partial charge in [-0.15, -0.1) is 0 Å². The van der Waals surface area contributed by atoms with Crippen molar-refractivity contribution in [2.45, 2.75) is 32.7 Å². The second-order valence-electron chi connectivity index (χ2n) is 7.47. The second kappa shape index (κ2) is 10.5. The molecule has 30 heavy (non-hydrogen) atoms. The van der Waals surface area contributed by atoms with E-state index in [1.807, 2.05) is 31.2 Å². The molecule has 1 N–H and O–H groups in total. The van der Waals surface area contributed by atoms with Gasteiger partial charge in [0.05, 0.1) is 12.2 Å². The Balaban J connectivity index is 1.95. The lowest BCUT2D eigenvalue weighted by Gasteiger charge is -2.36. The average molecular weight is 414 g/mol. The molecule has 0 bridgehead atoms. The fraction of sp³-hybridized carbons (Fsp3) is 0.458. The van der Waals surface area contributed by atoms with E-state index in [0.29, 0.717) is 24.8 Å². The fourth-order valence-electron chi connectivity index (χ4n) is 3.99. The Morgan fingerprint density at radius 3 is 2.43 bits per heavy atom. The van der Waals surface area contributed by atoms with Gasteiger partial charge in [0.2, 0.25) is 0 Å². The first kappa shape index (κ1) is 22.1. The maximum Gasteiger partial charge on any atom is 0.336 e. The monoisotopic (exact) mass is 413 g/mol. The summed E-state index contributed by atoms with van der Waals surface area (Å²) in [5.74, 6) is -0.142. The van der Waals surface area contributed by atoms with Gasteiger partial charge in [0.25, 0.3) is 0 Å². The summed E-state index contributed by atoms with van der Waals surface area (Å²) in [5.41, 5.74) is 3.98. The molecule has 2 aromatic rings. The summed E-state index contributed by atoms with van der Waals surface area (Å²) in [7, 11) is 1.64. The van der Waals surface area contributed by atoms with E-state index in [0.717, 1.165) is 60.7 Å². The normalized spacial score (nSPS) is 14.5. The van der Waals surface area contributed by atoms with Crippen LogP contribution in [0.25, 0.3) is 11.1 Å². The van der Waals surface area contributed by atoms with Crippen LogP contribution < -0.4 is 9.64 Å². The van der Waals surface area contributed by atoms with Crippen molar-refractivity contribution in [3.05, 3.63) is 47.5 Å². The highest BCUT2D eigenvalue weighted by atomic mass is 16.5. The molecule has 0 amide bonds. The number of benzene rings is 2. The summed E-state index contributed by atoms with van der Waals surface area (Å²) < 4.78 is 16.2. The van der Waals surface area contributed by atoms with Gasteiger partial charge in [-0.2, -0.15) is 0 Å². The highest BCUT2D eigenvalue weighted by Crippen LogP contribution is 2.34. The largest absolute Gasteiger partial charge is 0.491 e. The number of carboxylic acid groups (broad SMARTS) is 1. The van der Waals surface area contributed by atoms with Crippen molar-refractivity contribution >= 4 is 11.7 Å². The zero-order valence-electron chi connectivity index (χ0n) is 18.0. The highest BCUT2D eigenvalue weighted by molar-refractivity contribution is 5.94. The quantitative estimate of drug-likeness (QED) is 0.615. The van der Waals surface area contributed by atoms with Gasteiger partial charge in [0.15, 0.2) is 0 Å². The number of aromatic carboxylic acids is 1. The van der Waals surface area contributed by atoms with Gasteiger partial charge in [0, 0.05) is 38.6 Å². The van der Waals surface area contributed by atoms with Crippen LogP contribution >= 0.6 is 0 Å². The molecule has 1 fully saturated rings. The molecule has 1 saturated heterocycles. The van der Waals surface area contributed by atoms with Crippen LogP contribution in [-0.2, 0) is 9.47 Å². The van der Waals surface area contributed by atoms with Crippen LogP contribution in [0.5, 0.6) is 5.75 Å². The Kier molecular flexibility index (Phi) is 7.71. The zero-order valence-corrected chi connectivity index (χ0v) is 18.0. The summed E-state index contributed by atoms with van der Waals surface area (Å²) in [4.78, 5) is 14.3. The molecule has 0 aliphatic carbocycles. The first-order valence-electron chi connectivity index (χ1n) is 10.5. The first-order chi connectivity index (χ1) is 14.5. The number of ether oxygens (including phenoxy) is 3. The number of methoxy groups -OCH3 is 1. The number of carboxylic acids is 1. The second-order valence-corrected chi connectivity index (χ2v) is 7.47. The van der Waals surface area contributed by atoms with Crippen molar-refractivity contribution in [2.75, 3.05) is 45.0 Å². The molecule has 0 radical (unpaired) electrons. The highest BCUT2D eigenvalue weighted by Gasteiger charge is 2.24. The Labute approximate surface area is 178 Å². The van der Waals surface area contributed by atoms with Crippen molar-refractivity contribution in [1.82, 2.24) is 0 Å². The van der Waals surface area contributed by atoms with E-state index >= 15 is 0 Å². The van der Waals surface area contributed by atoms with Crippen LogP contribution in [0.15, 0.2) is 36.4 Å². The summed E-state index contributed by atoms with van der Waals surface area (Å²) in [6, 6.07) is 12.0. The maximum absolute atomic E-state index is 12.0. The molecule has 3 rings (SSSR count). The van der Waals surface area contributed by atoms with E-state index in [2.05, 4.69) is 17.9 Å². The lowest BCUT2D eigenvalue weighted by molar-refractivity contribution is 0.0695. The van der Waals surface area contributed by atoms with Gasteiger partial charge in [-0.25, -0.2) is 4.79 Å². The van der Waals surface area contributed by atoms with E-state index < -0.39 is 5.97 Å². The third-order valence-corrected chi connectivity index (χ3v) is 5.64. The molecule has 1 heterocycles. The number of rotatable bonds is 9. The Morgan fingerprint density at radius 1 is 1.13 bits per heavy atom. The van der Waals surface area contributed by atoms with Crippen LogP contribution in [0.2, 0.25) is 0 Å². The van der Waals surface area contributed by atoms with E-state index in [4.69, 9.17) is 14.2 Å². The van der Waals surface area contributed by atoms with Gasteiger partial charge in [-0.3, -0.25) is 0 Å². The molecule has 6 nitrogen and oxygen atoms in total. The van der Waals surface area contributed by atoms with E-state index in [1.54, 1.807) is 13.2 Å². The van der Waals surface area contributed by atoms with E-state index in [-0.39, 0.29) is 0 Å². The molecule has 162 valence electrons. The number of hydrogen-bond acceptors (Lipinski definition) is 5. The summed E-state index contributed by atoms with van der Waals surface area (Å²) >= 11 is 0. The lowest BCUT2D eigenvalue weighted by atomic mass is 9.95. The molecule has 1 aliphatic rings. The SMILES string of the molecule is CCN(c1cc(-c2ccc(OCCOC)cc2)cc(C(=O)O)c1C)C1CCOCC1. The lowest BCUT2D eigenvalue weighted by Crippen LogP contribution is -2.40. The molecule has 0 saturated carbocycles. The van der Waals surface area contributed by atoms with Crippen LogP contribution in [-0.4, -0.2) is 57.2 Å². The first-order valence-corrected chi connectivity index (χ1v) is 10.5. The summed E-state index contributed by atoms with van der Waals surface area (Å²) in [5, 5.41) is 9.82. The Hall–Kier alpha value is -2.57. The smallest absolute Gasteiger partial charge is 0.336 e. The Bertz CT molecular complexity index is 843. The van der Waals surface area contributed by atoms with Crippen molar-refractivity contribution in [3.63, 3.8) is 0 Å². The minimum absolute atomic E-state index is 0.341. The predicted octanol–water partition coefficient (Wildman–Crippen LogP) is 4.39. The van der Waals surface area contributed by atoms with E-state index in [9.17, 15) is 9.90 Å². The zero-order chi connectivity index (χ0) is 21.5. The fourth-order valence-corrected chi connectivity index (χ4v) is 3.99. The van der Waals surface area contributed by atoms with Crippen LogP contribution in [0, 0.1) is 6.92 Å². The topological polar surface area (TPSA) is 68.2 Å². The molecule has 2 aromatic carbocycles. The van der Waals surface area contributed by atoms with Crippen LogP contribution in [0.4, 0.5) is 5.69 Å². The van der Waals surface area contributed by atoms with Crippen molar-refractivity contribution in [2.24, 2.45) is 0 Å². The van der Waals surface area contributed by atoms with Crippen molar-refractivity contribution < 1.29 is 24.1 Å². The van der Waals surface area contributed by atoms with Gasteiger partial charge in [-0.1, -0.05) is 12.1 Å². The number of hydrogen-bond donors (Lipinski definition) is 1. The molecular formula is C24H31NO5. The maximum atomic E-state index is 12.0. The molecule has 0 aromatic heterocycles. The molecule has 6 heteroatoms. The van der Waals surface area contributed by atoms with Crippen molar-refractivity contribution in [1.29, 1.82) is 0 Å². The standard InChI is InChI=1S/C24H31NO5/c1-4-25(20-9-11-29-12-10-20)23-16-19(15-22(17(23)2)24(26)27)18-5-7-21(8-6-18)30-14-13-28-3/h5-8,15-16,20H,4,9-14H2,1-3H3,(H,26,27). The average Bonchev–Trinajstić information content (AvgIpc) is 2.76. The van der Waals surface area contributed by atoms with Gasteiger partial charge in [-0.05, 0) is 67.6 Å². The van der Waals surface area contributed by atoms with Gasteiger partial charge >= 0.3 is 5.97 Å². The third kappa shape index (κ3) is 5.12. The summed E-state index contributed by atoms with van der Waals surface area (Å²) in [6.07, 6.45) is 1.90. The minimum atomic E-state index is -0.904. The molecular weight excluding hydrogens is 382 g/mol. The number of nitrogens with zero attached hydrogens (tertiary/aromatic N) is 1. The molecule has 1 aliphatic heterocycles. The van der Waals surface area contributed by atoms with E-state index in [1.165, 1.54) is 0 Å². The molecule has 0 unspecified atom stereocenters.